The maximum Gasteiger partial charge on any atom is 0.527 e. The summed E-state index contributed by atoms with van der Waals surface area (Å²) in [5.41, 5.74) is 0. The number of halogens is 10. The molecule has 0 rings (SSSR count). The molecule has 0 aromatic heterocycles. The van der Waals surface area contributed by atoms with E-state index in [0.29, 0.717) is 0 Å². The van der Waals surface area contributed by atoms with Gasteiger partial charge in [-0.15, -0.1) is 13.2 Å². The van der Waals surface area contributed by atoms with Crippen LogP contribution >= 0.6 is 0 Å². The molecule has 0 radical (unpaired) electrons. The standard InChI is InChI=1S/C4F10O4S/c5-1(6,2(7,8)17-4(11,12)13)3(9,10)18-19(14,15)16. The van der Waals surface area contributed by atoms with Crippen LogP contribution in [0.15, 0.2) is 0 Å². The smallest absolute Gasteiger partial charge is 0.221 e. The van der Waals surface area contributed by atoms with Crippen molar-refractivity contribution in [1.82, 2.24) is 0 Å². The van der Waals surface area contributed by atoms with Gasteiger partial charge in [-0.3, -0.25) is 0 Å². The lowest BCUT2D eigenvalue weighted by atomic mass is 10.3. The minimum Gasteiger partial charge on any atom is -0.221 e. The van der Waals surface area contributed by atoms with Crippen LogP contribution in [0.4, 0.5) is 43.4 Å². The lowest BCUT2D eigenvalue weighted by molar-refractivity contribution is -0.499. The molecule has 0 saturated carbocycles. The topological polar surface area (TPSA) is 52.6 Å². The summed E-state index contributed by atoms with van der Waals surface area (Å²) >= 11 is 0. The quantitative estimate of drug-likeness (QED) is 0.573. The monoisotopic (exact) mass is 334 g/mol. The number of alkyl halides is 9. The summed E-state index contributed by atoms with van der Waals surface area (Å²) in [4.78, 5) is 0. The minimum atomic E-state index is -7.14. The van der Waals surface area contributed by atoms with Gasteiger partial charge in [0.15, 0.2) is 0 Å². The molecule has 0 unspecified atom stereocenters. The van der Waals surface area contributed by atoms with Gasteiger partial charge in [0, 0.05) is 0 Å². The molecule has 0 atom stereocenters. The van der Waals surface area contributed by atoms with Crippen LogP contribution in [0.3, 0.4) is 0 Å². The highest BCUT2D eigenvalue weighted by Gasteiger charge is 2.78. The average molecular weight is 334 g/mol. The van der Waals surface area contributed by atoms with E-state index < -0.39 is 35.0 Å². The van der Waals surface area contributed by atoms with Gasteiger partial charge in [-0.1, -0.05) is 3.89 Å². The molecule has 0 amide bonds. The molecule has 0 saturated heterocycles. The third kappa shape index (κ3) is 4.64. The van der Waals surface area contributed by atoms with Gasteiger partial charge in [-0.25, -0.2) is 4.74 Å². The van der Waals surface area contributed by atoms with Gasteiger partial charge >= 0.3 is 35.0 Å². The van der Waals surface area contributed by atoms with Crippen molar-refractivity contribution < 1.29 is 60.7 Å². The molecule has 0 heterocycles. The second-order valence-corrected chi connectivity index (χ2v) is 3.59. The maximum absolute atomic E-state index is 12.4. The van der Waals surface area contributed by atoms with E-state index in [1.807, 2.05) is 0 Å². The van der Waals surface area contributed by atoms with Crippen LogP contribution in [0.2, 0.25) is 0 Å². The Morgan fingerprint density at radius 1 is 0.737 bits per heavy atom. The van der Waals surface area contributed by atoms with Crippen molar-refractivity contribution in [1.29, 1.82) is 0 Å². The van der Waals surface area contributed by atoms with Gasteiger partial charge in [-0.2, -0.15) is 38.9 Å². The first-order valence-corrected chi connectivity index (χ1v) is 4.78. The Morgan fingerprint density at radius 3 is 1.37 bits per heavy atom. The molecule has 0 bridgehead atoms. The highest BCUT2D eigenvalue weighted by atomic mass is 32.3. The van der Waals surface area contributed by atoms with Crippen molar-refractivity contribution in [2.45, 2.75) is 24.5 Å². The van der Waals surface area contributed by atoms with Crippen molar-refractivity contribution in [3.05, 3.63) is 0 Å². The van der Waals surface area contributed by atoms with E-state index >= 15 is 0 Å². The average Bonchev–Trinajstić information content (AvgIpc) is 1.92. The van der Waals surface area contributed by atoms with Gasteiger partial charge in [0.25, 0.3) is 0 Å². The maximum atomic E-state index is 12.4. The molecule has 19 heavy (non-hydrogen) atoms. The second kappa shape index (κ2) is 4.62. The second-order valence-electron chi connectivity index (χ2n) is 2.63. The molecule has 15 heteroatoms. The molecule has 0 aromatic rings. The molecule has 0 aliphatic heterocycles. The molecule has 0 N–H and O–H groups in total. The zero-order valence-electron chi connectivity index (χ0n) is 7.82. The summed E-state index contributed by atoms with van der Waals surface area (Å²) in [5, 5.41) is 0. The molecule has 0 aliphatic rings. The number of hydrogen-bond donors (Lipinski definition) is 0. The lowest BCUT2D eigenvalue weighted by Gasteiger charge is -2.30. The number of rotatable bonds is 5. The third-order valence-electron chi connectivity index (χ3n) is 1.18. The van der Waals surface area contributed by atoms with Gasteiger partial charge in [0.1, 0.15) is 0 Å². The van der Waals surface area contributed by atoms with E-state index in [0.717, 1.165) is 0 Å². The summed E-state index contributed by atoms with van der Waals surface area (Å²) in [7, 11) is -6.87. The van der Waals surface area contributed by atoms with E-state index in [1.54, 1.807) is 4.18 Å². The lowest BCUT2D eigenvalue weighted by Crippen LogP contribution is -2.58. The largest absolute Gasteiger partial charge is 0.527 e. The summed E-state index contributed by atoms with van der Waals surface area (Å²) in [6, 6.07) is 0. The SMILES string of the molecule is O=S(=O)(F)OC(F)(F)C(F)(F)C(F)(F)OC(F)(F)F. The summed E-state index contributed by atoms with van der Waals surface area (Å²) in [5.74, 6) is -7.14. The van der Waals surface area contributed by atoms with Gasteiger partial charge in [-0.05, 0) is 0 Å². The fraction of sp³-hybridized carbons (Fsp3) is 1.00. The molecule has 0 aliphatic carbocycles. The van der Waals surface area contributed by atoms with Crippen LogP contribution in [0.25, 0.3) is 0 Å². The highest BCUT2D eigenvalue weighted by molar-refractivity contribution is 7.81. The Morgan fingerprint density at radius 2 is 1.11 bits per heavy atom. The van der Waals surface area contributed by atoms with Gasteiger partial charge in [0.2, 0.25) is 0 Å². The highest BCUT2D eigenvalue weighted by Crippen LogP contribution is 2.49. The van der Waals surface area contributed by atoms with Crippen molar-refractivity contribution >= 4 is 10.5 Å². The van der Waals surface area contributed by atoms with E-state index in [1.165, 1.54) is 4.74 Å². The van der Waals surface area contributed by atoms with Crippen LogP contribution in [0.5, 0.6) is 0 Å². The van der Waals surface area contributed by atoms with Gasteiger partial charge in [0.05, 0.1) is 0 Å². The van der Waals surface area contributed by atoms with Crippen molar-refractivity contribution in [3.63, 3.8) is 0 Å². The third-order valence-corrected chi connectivity index (χ3v) is 1.59. The van der Waals surface area contributed by atoms with Crippen LogP contribution < -0.4 is 0 Å². The molecule has 116 valence electrons. The Labute approximate surface area is 96.8 Å². The zero-order chi connectivity index (χ0) is 15.9. The van der Waals surface area contributed by atoms with Crippen molar-refractivity contribution in [3.8, 4) is 0 Å². The molecular weight excluding hydrogens is 334 g/mol. The van der Waals surface area contributed by atoms with E-state index in [-0.39, 0.29) is 0 Å². The predicted octanol–water partition coefficient (Wildman–Crippen LogP) is 2.57. The fourth-order valence-corrected chi connectivity index (χ4v) is 0.911. The summed E-state index contributed by atoms with van der Waals surface area (Å²) in [6.07, 6.45) is -20.2. The Hall–Kier alpha value is -0.830. The fourth-order valence-electron chi connectivity index (χ4n) is 0.556. The van der Waals surface area contributed by atoms with E-state index in [2.05, 4.69) is 0 Å². The first-order valence-electron chi connectivity index (χ1n) is 3.47. The normalized spacial score (nSPS) is 15.7. The Balaban J connectivity index is 5.46. The molecule has 4 nitrogen and oxygen atoms in total. The van der Waals surface area contributed by atoms with E-state index in [9.17, 15) is 51.8 Å². The summed E-state index contributed by atoms with van der Waals surface area (Å²) < 4.78 is 141. The number of ether oxygens (including phenoxy) is 1. The zero-order valence-corrected chi connectivity index (χ0v) is 8.64. The summed E-state index contributed by atoms with van der Waals surface area (Å²) in [6.45, 7) is 0. The van der Waals surface area contributed by atoms with Crippen LogP contribution in [0.1, 0.15) is 0 Å². The molecule has 0 spiro atoms. The van der Waals surface area contributed by atoms with Crippen molar-refractivity contribution in [2.24, 2.45) is 0 Å². The van der Waals surface area contributed by atoms with Gasteiger partial charge < -0.3 is 0 Å². The van der Waals surface area contributed by atoms with E-state index in [4.69, 9.17) is 0 Å². The van der Waals surface area contributed by atoms with Crippen molar-refractivity contribution in [2.75, 3.05) is 0 Å². The first-order chi connectivity index (χ1) is 7.91. The first kappa shape index (κ1) is 18.2. The molecular formula is C4F10O4S. The van der Waals surface area contributed by atoms with Crippen LogP contribution in [-0.2, 0) is 19.4 Å². The van der Waals surface area contributed by atoms with Crippen LogP contribution in [0, 0.1) is 0 Å². The molecule has 0 fully saturated rings. The minimum absolute atomic E-state index is 1.43. The Bertz CT molecular complexity index is 423. The Kier molecular flexibility index (Phi) is 4.42. The van der Waals surface area contributed by atoms with Crippen LogP contribution in [-0.4, -0.2) is 32.9 Å². The molecule has 0 aromatic carbocycles. The number of hydrogen-bond acceptors (Lipinski definition) is 4. The predicted molar refractivity (Wildman–Crippen MR) is 33.1 cm³/mol.